The van der Waals surface area contributed by atoms with Gasteiger partial charge in [0.05, 0.1) is 97.5 Å². The van der Waals surface area contributed by atoms with E-state index in [9.17, 15) is 51.1 Å². The summed E-state index contributed by atoms with van der Waals surface area (Å²) in [5, 5.41) is 3.22. The zero-order valence-corrected chi connectivity index (χ0v) is 79.3. The second kappa shape index (κ2) is 52.7. The van der Waals surface area contributed by atoms with Gasteiger partial charge in [-0.05, 0) is 217 Å². The molecule has 7 unspecified atom stereocenters. The van der Waals surface area contributed by atoms with Crippen molar-refractivity contribution in [2.24, 2.45) is 5.92 Å². The van der Waals surface area contributed by atoms with Crippen molar-refractivity contribution in [3.8, 4) is 11.5 Å². The fourth-order valence-electron chi connectivity index (χ4n) is 15.8. The van der Waals surface area contributed by atoms with Crippen LogP contribution in [0.15, 0.2) is 275 Å². The van der Waals surface area contributed by atoms with Crippen molar-refractivity contribution in [2.75, 3.05) is 56.6 Å². The molecule has 8 aromatic carbocycles. The summed E-state index contributed by atoms with van der Waals surface area (Å²) in [6, 6.07) is 54.4. The third kappa shape index (κ3) is 34.6. The van der Waals surface area contributed by atoms with E-state index in [0.29, 0.717) is 98.8 Å². The Kier molecular flexibility index (Phi) is 40.0. The summed E-state index contributed by atoms with van der Waals surface area (Å²) in [6.07, 6.45) is 28.8. The van der Waals surface area contributed by atoms with Crippen molar-refractivity contribution in [3.05, 3.63) is 342 Å². The maximum atomic E-state index is 12.7. The lowest BCUT2D eigenvalue weighted by atomic mass is 9.91. The number of hydrogen-bond donors (Lipinski definition) is 0. The van der Waals surface area contributed by atoms with Crippen molar-refractivity contribution < 1.29 is 122 Å². The Morgan fingerprint density at radius 2 is 0.757 bits per heavy atom. The molecule has 7 atom stereocenters. The summed E-state index contributed by atoms with van der Waals surface area (Å²) >= 11 is 9.23. The summed E-state index contributed by atoms with van der Waals surface area (Å²) in [7, 11) is 10.9. The van der Waals surface area contributed by atoms with Gasteiger partial charge in [0.25, 0.3) is 0 Å². The molecule has 22 nitrogen and oxygen atoms in total. The Hall–Kier alpha value is -13.1. The molecule has 7 aliphatic heterocycles. The molecule has 2 aliphatic carbocycles. The topological polar surface area (TPSA) is 258 Å². The van der Waals surface area contributed by atoms with Gasteiger partial charge in [-0.25, -0.2) is 33.2 Å². The van der Waals surface area contributed by atoms with Gasteiger partial charge in [-0.1, -0.05) is 161 Å². The fourth-order valence-corrected chi connectivity index (χ4v) is 16.2. The monoisotopic (exact) mass is 1950 g/mol. The smallest absolute Gasteiger partial charge is 0.416 e. The number of esters is 6. The quantitative estimate of drug-likeness (QED) is 0.0277. The zero-order valence-electron chi connectivity index (χ0n) is 76.9. The van der Waals surface area contributed by atoms with Gasteiger partial charge < -0.3 is 71.1 Å². The molecule has 0 aromatic heterocycles. The molecular formula is C108H112BrClF4O22. The average Bonchev–Trinajstić information content (AvgIpc) is 1.73. The number of carbonyl (C=O) groups excluding carboxylic acids is 7. The number of ether oxygens (including phenoxy) is 15. The molecule has 0 spiro atoms. The molecule has 136 heavy (non-hydrogen) atoms. The van der Waals surface area contributed by atoms with Gasteiger partial charge in [-0.2, -0.15) is 13.2 Å². The van der Waals surface area contributed by atoms with Crippen molar-refractivity contribution in [3.63, 3.8) is 0 Å². The first-order valence-corrected chi connectivity index (χ1v) is 46.0. The molecule has 8 aromatic rings. The highest BCUT2D eigenvalue weighted by molar-refractivity contribution is 9.10. The number of rotatable bonds is 26. The lowest BCUT2D eigenvalue weighted by molar-refractivity contribution is -0.146. The Morgan fingerprint density at radius 3 is 1.23 bits per heavy atom. The molecule has 0 bridgehead atoms. The van der Waals surface area contributed by atoms with E-state index in [2.05, 4.69) is 82.7 Å². The van der Waals surface area contributed by atoms with Crippen LogP contribution in [-0.2, 0) is 146 Å². The minimum atomic E-state index is -4.32. The molecule has 9 aliphatic rings. The summed E-state index contributed by atoms with van der Waals surface area (Å²) in [5.41, 5.74) is 9.94. The molecule has 0 saturated carbocycles. The summed E-state index contributed by atoms with van der Waals surface area (Å²) in [5.74, 6) is 4.26. The summed E-state index contributed by atoms with van der Waals surface area (Å²) in [6.45, 7) is 0.279. The molecule has 0 radical (unpaired) electrons. The number of allylic oxidation sites excluding steroid dienone is 3. The number of halogens is 6. The van der Waals surface area contributed by atoms with Gasteiger partial charge in [-0.15, -0.1) is 0 Å². The van der Waals surface area contributed by atoms with Crippen LogP contribution in [0.1, 0.15) is 146 Å². The van der Waals surface area contributed by atoms with Crippen LogP contribution in [-0.4, -0.2) is 135 Å². The normalized spacial score (nSPS) is 19.6. The number of benzene rings is 8. The number of ketones is 1. The van der Waals surface area contributed by atoms with E-state index >= 15 is 0 Å². The number of cyclic esters (lactones) is 6. The number of fused-ring (bicyclic) bond motifs is 3. The van der Waals surface area contributed by atoms with E-state index in [1.54, 1.807) is 60.9 Å². The molecule has 7 heterocycles. The minimum Gasteiger partial charge on any atom is -0.501 e. The first-order valence-electron chi connectivity index (χ1n) is 44.9. The van der Waals surface area contributed by atoms with Crippen LogP contribution >= 0.6 is 27.5 Å². The standard InChI is InChI=1S/C18H18O3.C17H18O3.C16H16O4.C15H15F3O3.C14H15BrO3.C14H15ClO3.C14H15FO3/c1-20-17-11-16(21-18(19)12-17)9-7-13-6-8-14-4-2-3-5-15(14)10-13;1-19-16-10-15(20-17(18)11-16)8-6-12-5-7-13-3-2-4-14(13)9-12;1-18-14-7-12(6-13(17)9-14)3-2-11-4-5-15-16(8-11)20-10-19-15;1-20-13-8-12(21-14(19)9-13)7-4-10-2-5-11(6-3-10)15(16,17)18;3*1-17-13-8-12(18-14(16)9-13)7-4-10-2-5-11(15)6-3-10/h2-6,8,10,12,16H,7,9,11H2,1H3;5-9,11,15H,2-4,10H2,1H3;2-5,8-9,12H,6-7,10H2,1H3;2-3,5-6,9,12H,4,7-8H2,1H3;3*2-3,5-6,9,12H,4,7-8H2,1H3/b;8-6+;3-2+;;;;. The van der Waals surface area contributed by atoms with Crippen LogP contribution in [0.25, 0.3) is 22.9 Å². The average molecular weight is 1950 g/mol. The highest BCUT2D eigenvalue weighted by atomic mass is 79.9. The van der Waals surface area contributed by atoms with Gasteiger partial charge in [0.2, 0.25) is 6.79 Å². The lowest BCUT2D eigenvalue weighted by Gasteiger charge is -2.22. The van der Waals surface area contributed by atoms with Crippen molar-refractivity contribution in [1.29, 1.82) is 0 Å². The molecular weight excluding hydrogens is 1840 g/mol. The number of methoxy groups -OCH3 is 7. The second-order valence-electron chi connectivity index (χ2n) is 33.0. The molecule has 0 saturated heterocycles. The molecule has 718 valence electrons. The van der Waals surface area contributed by atoms with E-state index in [4.69, 9.17) is 82.7 Å². The fraction of sp³-hybridized carbons (Fsp3) is 0.343. The zero-order chi connectivity index (χ0) is 96.9. The van der Waals surface area contributed by atoms with Crippen LogP contribution in [0.3, 0.4) is 0 Å². The first-order chi connectivity index (χ1) is 65.6. The minimum absolute atomic E-state index is 0.0823. The molecule has 17 rings (SSSR count). The van der Waals surface area contributed by atoms with E-state index in [1.807, 2.05) is 85.0 Å². The van der Waals surface area contributed by atoms with Crippen LogP contribution in [0.2, 0.25) is 5.02 Å². The number of aryl methyl sites for hydroxylation is 7. The van der Waals surface area contributed by atoms with E-state index in [-0.39, 0.29) is 90.8 Å². The Balaban J connectivity index is 0.000000153. The largest absolute Gasteiger partial charge is 0.501 e. The van der Waals surface area contributed by atoms with Crippen molar-refractivity contribution >= 4 is 92.1 Å². The maximum Gasteiger partial charge on any atom is 0.416 e. The molecule has 0 N–H and O–H groups in total. The highest BCUT2D eigenvalue weighted by Gasteiger charge is 2.32. The lowest BCUT2D eigenvalue weighted by Crippen LogP contribution is -2.23. The predicted octanol–water partition coefficient (Wildman–Crippen LogP) is 22.0. The number of alkyl halides is 3. The SMILES string of the molecule is COC1=CC(=O)CC(/C=C/c2ccc3c(c2)OCO3)C1.COC1=CC(=O)OC(/C=C/c2ccc3c(c2)CCC3)C1.COC1=CC(=O)OC(CCc2ccc(Br)cc2)C1.COC1=CC(=O)OC(CCc2ccc(C(F)(F)F)cc2)C1.COC1=CC(=O)OC(CCc2ccc(Cl)cc2)C1.COC1=CC(=O)OC(CCc2ccc(F)cc2)C1.COC1=CC(=O)OC(CCc2ccc3ccccc3c2)C1. The van der Waals surface area contributed by atoms with Gasteiger partial charge >= 0.3 is 42.0 Å². The molecule has 0 fully saturated rings. The van der Waals surface area contributed by atoms with Crippen LogP contribution in [0, 0.1) is 11.7 Å². The van der Waals surface area contributed by atoms with E-state index in [1.165, 1.54) is 126 Å². The summed E-state index contributed by atoms with van der Waals surface area (Å²) in [4.78, 5) is 79.6. The van der Waals surface area contributed by atoms with Crippen LogP contribution in [0.4, 0.5) is 17.6 Å². The molecule has 0 amide bonds. The van der Waals surface area contributed by atoms with Gasteiger partial charge in [0.1, 0.15) is 77.0 Å². The number of carbonyl (C=O) groups is 7. The predicted molar refractivity (Wildman–Crippen MR) is 508 cm³/mol. The van der Waals surface area contributed by atoms with Gasteiger partial charge in [0, 0.05) is 66.9 Å². The third-order valence-electron chi connectivity index (χ3n) is 23.2. The van der Waals surface area contributed by atoms with Crippen LogP contribution in [0.5, 0.6) is 11.5 Å². The van der Waals surface area contributed by atoms with Gasteiger partial charge in [-0.3, -0.25) is 4.79 Å². The Morgan fingerprint density at radius 1 is 0.375 bits per heavy atom. The second-order valence-corrected chi connectivity index (χ2v) is 34.3. The first kappa shape index (κ1) is 103. The van der Waals surface area contributed by atoms with E-state index in [0.717, 1.165) is 113 Å². The highest BCUT2D eigenvalue weighted by Crippen LogP contribution is 2.36. The van der Waals surface area contributed by atoms with E-state index < -0.39 is 17.7 Å². The number of hydrogen-bond acceptors (Lipinski definition) is 22. The van der Waals surface area contributed by atoms with Crippen LogP contribution < -0.4 is 9.47 Å². The van der Waals surface area contributed by atoms with Crippen molar-refractivity contribution in [1.82, 2.24) is 0 Å². The van der Waals surface area contributed by atoms with Crippen molar-refractivity contribution in [2.45, 2.75) is 178 Å². The third-order valence-corrected chi connectivity index (χ3v) is 24.0. The molecule has 28 heteroatoms. The maximum absolute atomic E-state index is 12.7. The van der Waals surface area contributed by atoms with Gasteiger partial charge in [0.15, 0.2) is 17.3 Å². The Labute approximate surface area is 803 Å². The summed E-state index contributed by atoms with van der Waals surface area (Å²) < 4.78 is 129. The Bertz CT molecular complexity index is 5380.